The summed E-state index contributed by atoms with van der Waals surface area (Å²) in [6.07, 6.45) is 3.37. The van der Waals surface area contributed by atoms with Gasteiger partial charge in [0.1, 0.15) is 17.5 Å². The van der Waals surface area contributed by atoms with E-state index in [1.54, 1.807) is 0 Å². The van der Waals surface area contributed by atoms with Gasteiger partial charge >= 0.3 is 0 Å². The first-order valence-electron chi connectivity index (χ1n) is 7.12. The molecule has 5 nitrogen and oxygen atoms in total. The van der Waals surface area contributed by atoms with E-state index < -0.39 is 0 Å². The number of aryl methyl sites for hydroxylation is 1. The van der Waals surface area contributed by atoms with E-state index in [0.29, 0.717) is 12.0 Å². The Morgan fingerprint density at radius 1 is 1.21 bits per heavy atom. The van der Waals surface area contributed by atoms with Gasteiger partial charge in [-0.25, -0.2) is 9.97 Å². The summed E-state index contributed by atoms with van der Waals surface area (Å²) < 4.78 is 0. The number of nitrogens with one attached hydrogen (secondary N) is 2. The van der Waals surface area contributed by atoms with Crippen LogP contribution >= 0.6 is 0 Å². The molecular weight excluding hydrogens is 240 g/mol. The summed E-state index contributed by atoms with van der Waals surface area (Å²) in [6, 6.07) is 0.326. The molecule has 0 radical (unpaired) electrons. The molecule has 3 N–H and O–H groups in total. The zero-order valence-corrected chi connectivity index (χ0v) is 12.0. The Morgan fingerprint density at radius 2 is 1.95 bits per heavy atom. The maximum Gasteiger partial charge on any atom is 0.134 e. The predicted octanol–water partition coefficient (Wildman–Crippen LogP) is 2.10. The topological polar surface area (TPSA) is 70.1 Å². The highest BCUT2D eigenvalue weighted by molar-refractivity contribution is 5.57. The van der Waals surface area contributed by atoms with Gasteiger partial charge in [0.05, 0.1) is 0 Å². The van der Waals surface area contributed by atoms with Crippen molar-refractivity contribution >= 4 is 11.6 Å². The molecule has 1 heterocycles. The van der Waals surface area contributed by atoms with E-state index in [1.807, 2.05) is 13.8 Å². The van der Waals surface area contributed by atoms with Gasteiger partial charge in [0, 0.05) is 30.7 Å². The summed E-state index contributed by atoms with van der Waals surface area (Å²) in [4.78, 5) is 8.93. The van der Waals surface area contributed by atoms with E-state index in [9.17, 15) is 5.11 Å². The third-order valence-electron chi connectivity index (χ3n) is 3.82. The number of aliphatic hydroxyl groups is 1. The zero-order chi connectivity index (χ0) is 13.8. The summed E-state index contributed by atoms with van der Waals surface area (Å²) in [5.41, 5.74) is 1.05. The quantitative estimate of drug-likeness (QED) is 0.760. The van der Waals surface area contributed by atoms with E-state index in [0.717, 1.165) is 42.4 Å². The van der Waals surface area contributed by atoms with Gasteiger partial charge < -0.3 is 15.7 Å². The number of hydrogen-bond donors (Lipinski definition) is 3. The molecule has 1 fully saturated rings. The molecule has 0 saturated heterocycles. The average Bonchev–Trinajstić information content (AvgIpc) is 2.82. The van der Waals surface area contributed by atoms with Crippen LogP contribution < -0.4 is 10.6 Å². The molecule has 1 aromatic rings. The number of aliphatic hydroxyl groups excluding tert-OH is 1. The Bertz CT molecular complexity index is 436. The fourth-order valence-corrected chi connectivity index (χ4v) is 2.73. The Morgan fingerprint density at radius 3 is 2.63 bits per heavy atom. The molecular formula is C14H24N4O. The molecule has 2 unspecified atom stereocenters. The van der Waals surface area contributed by atoms with Crippen molar-refractivity contribution in [1.29, 1.82) is 0 Å². The standard InChI is InChI=1S/C14H24N4O/c1-4-15-13-9(2)14(17-10(3)16-13)18-12-7-5-6-11(12)8-19/h11-12,19H,4-8H2,1-3H3,(H2,15,16,17,18). The Labute approximate surface area is 114 Å². The number of rotatable bonds is 5. The van der Waals surface area contributed by atoms with Gasteiger partial charge in [0.2, 0.25) is 0 Å². The van der Waals surface area contributed by atoms with Crippen molar-refractivity contribution in [3.05, 3.63) is 11.4 Å². The normalized spacial score (nSPS) is 22.5. The van der Waals surface area contributed by atoms with Gasteiger partial charge in [-0.1, -0.05) is 6.42 Å². The van der Waals surface area contributed by atoms with Crippen LogP contribution in [0, 0.1) is 19.8 Å². The molecule has 1 aliphatic carbocycles. The van der Waals surface area contributed by atoms with Crippen molar-refractivity contribution in [2.45, 2.75) is 46.1 Å². The lowest BCUT2D eigenvalue weighted by molar-refractivity contribution is 0.222. The van der Waals surface area contributed by atoms with Crippen LogP contribution in [0.2, 0.25) is 0 Å². The average molecular weight is 264 g/mol. The summed E-state index contributed by atoms with van der Waals surface area (Å²) >= 11 is 0. The number of hydrogen-bond acceptors (Lipinski definition) is 5. The van der Waals surface area contributed by atoms with E-state index in [1.165, 1.54) is 6.42 Å². The summed E-state index contributed by atoms with van der Waals surface area (Å²) in [5, 5.41) is 16.2. The van der Waals surface area contributed by atoms with Crippen LogP contribution in [0.5, 0.6) is 0 Å². The molecule has 2 atom stereocenters. The van der Waals surface area contributed by atoms with Gasteiger partial charge in [-0.3, -0.25) is 0 Å². The molecule has 0 aliphatic heterocycles. The minimum atomic E-state index is 0.251. The van der Waals surface area contributed by atoms with Crippen molar-refractivity contribution < 1.29 is 5.11 Å². The maximum absolute atomic E-state index is 9.39. The predicted molar refractivity (Wildman–Crippen MR) is 77.5 cm³/mol. The Hall–Kier alpha value is -1.36. The van der Waals surface area contributed by atoms with E-state index in [4.69, 9.17) is 0 Å². The molecule has 0 bridgehead atoms. The monoisotopic (exact) mass is 264 g/mol. The summed E-state index contributed by atoms with van der Waals surface area (Å²) in [5.74, 6) is 2.91. The molecule has 1 saturated carbocycles. The highest BCUT2D eigenvalue weighted by Gasteiger charge is 2.27. The summed E-state index contributed by atoms with van der Waals surface area (Å²) in [7, 11) is 0. The molecule has 1 aromatic heterocycles. The first-order chi connectivity index (χ1) is 9.15. The van der Waals surface area contributed by atoms with Crippen LogP contribution in [0.4, 0.5) is 11.6 Å². The van der Waals surface area contributed by atoms with Crippen molar-refractivity contribution in [2.24, 2.45) is 5.92 Å². The van der Waals surface area contributed by atoms with Crippen LogP contribution in [0.3, 0.4) is 0 Å². The van der Waals surface area contributed by atoms with Gasteiger partial charge in [-0.2, -0.15) is 0 Å². The smallest absolute Gasteiger partial charge is 0.134 e. The van der Waals surface area contributed by atoms with Crippen LogP contribution in [0.25, 0.3) is 0 Å². The van der Waals surface area contributed by atoms with Gasteiger partial charge in [0.15, 0.2) is 0 Å². The van der Waals surface area contributed by atoms with Crippen molar-refractivity contribution in [3.8, 4) is 0 Å². The third kappa shape index (κ3) is 3.15. The first kappa shape index (κ1) is 14.1. The van der Waals surface area contributed by atoms with Crippen molar-refractivity contribution in [1.82, 2.24) is 9.97 Å². The second-order valence-corrected chi connectivity index (χ2v) is 5.25. The van der Waals surface area contributed by atoms with Gasteiger partial charge in [-0.15, -0.1) is 0 Å². The first-order valence-corrected chi connectivity index (χ1v) is 7.12. The Kier molecular flexibility index (Phi) is 4.58. The molecule has 2 rings (SSSR count). The molecule has 0 amide bonds. The SMILES string of the molecule is CCNc1nc(C)nc(NC2CCCC2CO)c1C. The maximum atomic E-state index is 9.39. The van der Waals surface area contributed by atoms with Crippen molar-refractivity contribution in [2.75, 3.05) is 23.8 Å². The molecule has 0 spiro atoms. The van der Waals surface area contributed by atoms with Crippen LogP contribution in [0.1, 0.15) is 37.6 Å². The molecule has 5 heteroatoms. The van der Waals surface area contributed by atoms with Gasteiger partial charge in [0.25, 0.3) is 0 Å². The lowest BCUT2D eigenvalue weighted by Gasteiger charge is -2.22. The fourth-order valence-electron chi connectivity index (χ4n) is 2.73. The van der Waals surface area contributed by atoms with Crippen molar-refractivity contribution in [3.63, 3.8) is 0 Å². The molecule has 19 heavy (non-hydrogen) atoms. The second kappa shape index (κ2) is 6.19. The fraction of sp³-hybridized carbons (Fsp3) is 0.714. The zero-order valence-electron chi connectivity index (χ0n) is 12.0. The number of anilines is 2. The van der Waals surface area contributed by atoms with E-state index in [-0.39, 0.29) is 6.61 Å². The molecule has 106 valence electrons. The number of aromatic nitrogens is 2. The lowest BCUT2D eigenvalue weighted by Crippen LogP contribution is -2.27. The number of nitrogens with zero attached hydrogens (tertiary/aromatic N) is 2. The lowest BCUT2D eigenvalue weighted by atomic mass is 10.0. The third-order valence-corrected chi connectivity index (χ3v) is 3.82. The molecule has 0 aromatic carbocycles. The minimum absolute atomic E-state index is 0.251. The van der Waals surface area contributed by atoms with Gasteiger partial charge in [-0.05, 0) is 33.6 Å². The minimum Gasteiger partial charge on any atom is -0.396 e. The van der Waals surface area contributed by atoms with Crippen LogP contribution in [0.15, 0.2) is 0 Å². The highest BCUT2D eigenvalue weighted by Crippen LogP contribution is 2.29. The second-order valence-electron chi connectivity index (χ2n) is 5.25. The molecule has 1 aliphatic rings. The largest absolute Gasteiger partial charge is 0.396 e. The van der Waals surface area contributed by atoms with E-state index >= 15 is 0 Å². The highest BCUT2D eigenvalue weighted by atomic mass is 16.3. The van der Waals surface area contributed by atoms with Crippen LogP contribution in [-0.4, -0.2) is 34.3 Å². The van der Waals surface area contributed by atoms with E-state index in [2.05, 4.69) is 27.5 Å². The summed E-state index contributed by atoms with van der Waals surface area (Å²) in [6.45, 7) is 7.09. The van der Waals surface area contributed by atoms with Crippen LogP contribution in [-0.2, 0) is 0 Å². The Balaban J connectivity index is 2.19.